The highest BCUT2D eigenvalue weighted by Gasteiger charge is 2.13. The number of benzene rings is 1. The summed E-state index contributed by atoms with van der Waals surface area (Å²) in [6.45, 7) is 3.65. The van der Waals surface area contributed by atoms with Crippen molar-refractivity contribution in [1.29, 1.82) is 0 Å². The monoisotopic (exact) mass is 283 g/mol. The van der Waals surface area contributed by atoms with Crippen LogP contribution in [-0.4, -0.2) is 23.2 Å². The molecule has 0 saturated carbocycles. The van der Waals surface area contributed by atoms with E-state index in [9.17, 15) is 4.79 Å². The minimum absolute atomic E-state index is 0.304. The topological polar surface area (TPSA) is 63.6 Å². The zero-order valence-corrected chi connectivity index (χ0v) is 12.0. The first kappa shape index (κ1) is 14.7. The molecule has 0 spiro atoms. The van der Waals surface area contributed by atoms with Crippen LogP contribution < -0.4 is 10.2 Å². The molecule has 2 rings (SSSR count). The van der Waals surface area contributed by atoms with Gasteiger partial charge < -0.3 is 4.74 Å². The molecule has 2 aromatic rings. The van der Waals surface area contributed by atoms with Gasteiger partial charge in [-0.2, -0.15) is 5.10 Å². The van der Waals surface area contributed by atoms with Gasteiger partial charge in [0, 0.05) is 12.4 Å². The number of ether oxygens (including phenoxy) is 1. The molecule has 108 valence electrons. The quantitative estimate of drug-likeness (QED) is 0.676. The Hall–Kier alpha value is -2.69. The van der Waals surface area contributed by atoms with Crippen LogP contribution in [0.1, 0.15) is 18.1 Å². The summed E-state index contributed by atoms with van der Waals surface area (Å²) in [7, 11) is 0. The van der Waals surface area contributed by atoms with E-state index in [1.54, 1.807) is 37.7 Å². The fraction of sp³-hybridized carbons (Fsp3) is 0.188. The number of aromatic nitrogens is 1. The van der Waals surface area contributed by atoms with Crippen molar-refractivity contribution < 1.29 is 9.53 Å². The molecule has 0 saturated heterocycles. The van der Waals surface area contributed by atoms with Gasteiger partial charge in [0.25, 0.3) is 5.91 Å². The van der Waals surface area contributed by atoms with Gasteiger partial charge in [-0.3, -0.25) is 9.78 Å². The molecule has 1 heterocycles. The maximum atomic E-state index is 11.9. The van der Waals surface area contributed by atoms with E-state index >= 15 is 0 Å². The third-order valence-corrected chi connectivity index (χ3v) is 2.77. The van der Waals surface area contributed by atoms with Gasteiger partial charge in [0.1, 0.15) is 5.75 Å². The highest BCUT2D eigenvalue weighted by molar-refractivity contribution is 5.84. The number of aryl methyl sites for hydroxylation is 1. The van der Waals surface area contributed by atoms with Crippen LogP contribution in [0.15, 0.2) is 53.9 Å². The zero-order chi connectivity index (χ0) is 15.1. The molecule has 1 N–H and O–H groups in total. The van der Waals surface area contributed by atoms with Gasteiger partial charge in [0.2, 0.25) is 0 Å². The van der Waals surface area contributed by atoms with Crippen molar-refractivity contribution in [2.75, 3.05) is 0 Å². The van der Waals surface area contributed by atoms with E-state index < -0.39 is 6.10 Å². The molecular weight excluding hydrogens is 266 g/mol. The molecule has 0 bridgehead atoms. The van der Waals surface area contributed by atoms with E-state index in [1.807, 2.05) is 31.2 Å². The fourth-order valence-corrected chi connectivity index (χ4v) is 1.66. The highest BCUT2D eigenvalue weighted by atomic mass is 16.5. The molecule has 0 aliphatic rings. The predicted octanol–water partition coefficient (Wildman–Crippen LogP) is 2.31. The summed E-state index contributed by atoms with van der Waals surface area (Å²) < 4.78 is 5.56. The first-order valence-corrected chi connectivity index (χ1v) is 6.61. The van der Waals surface area contributed by atoms with Gasteiger partial charge in [-0.25, -0.2) is 5.43 Å². The molecule has 0 radical (unpaired) electrons. The van der Waals surface area contributed by atoms with Gasteiger partial charge in [-0.1, -0.05) is 12.1 Å². The van der Waals surface area contributed by atoms with Crippen LogP contribution in [0.4, 0.5) is 0 Å². The van der Waals surface area contributed by atoms with Crippen molar-refractivity contribution in [3.05, 3.63) is 59.9 Å². The Balaban J connectivity index is 1.87. The number of hydrogen-bond acceptors (Lipinski definition) is 4. The number of rotatable bonds is 5. The summed E-state index contributed by atoms with van der Waals surface area (Å²) in [5.41, 5.74) is 4.39. The maximum Gasteiger partial charge on any atom is 0.280 e. The lowest BCUT2D eigenvalue weighted by molar-refractivity contribution is -0.127. The number of carbonyl (C=O) groups is 1. The SMILES string of the molecule is Cc1cccc(OC(C)C(=O)NN=Cc2ccncc2)c1. The molecule has 21 heavy (non-hydrogen) atoms. The fourth-order valence-electron chi connectivity index (χ4n) is 1.66. The number of hydrogen-bond donors (Lipinski definition) is 1. The van der Waals surface area contributed by atoms with Crippen molar-refractivity contribution in [3.8, 4) is 5.75 Å². The van der Waals surface area contributed by atoms with Crippen molar-refractivity contribution >= 4 is 12.1 Å². The summed E-state index contributed by atoms with van der Waals surface area (Å²) >= 11 is 0. The van der Waals surface area contributed by atoms with Crippen molar-refractivity contribution in [2.24, 2.45) is 5.10 Å². The average Bonchev–Trinajstić information content (AvgIpc) is 2.48. The molecule has 1 amide bonds. The van der Waals surface area contributed by atoms with Crippen LogP contribution in [0, 0.1) is 6.92 Å². The molecule has 1 aromatic carbocycles. The summed E-state index contributed by atoms with van der Waals surface area (Å²) in [5, 5.41) is 3.89. The number of pyridine rings is 1. The summed E-state index contributed by atoms with van der Waals surface area (Å²) in [6.07, 6.45) is 4.25. The maximum absolute atomic E-state index is 11.9. The van der Waals surface area contributed by atoms with Crippen molar-refractivity contribution in [1.82, 2.24) is 10.4 Å². The van der Waals surface area contributed by atoms with Crippen LogP contribution in [0.3, 0.4) is 0 Å². The van der Waals surface area contributed by atoms with Crippen LogP contribution in [0.5, 0.6) is 5.75 Å². The van der Waals surface area contributed by atoms with Gasteiger partial charge in [-0.05, 0) is 49.2 Å². The Bertz CT molecular complexity index is 626. The lowest BCUT2D eigenvalue weighted by Gasteiger charge is -2.13. The smallest absolute Gasteiger partial charge is 0.280 e. The van der Waals surface area contributed by atoms with Gasteiger partial charge >= 0.3 is 0 Å². The number of nitrogens with one attached hydrogen (secondary N) is 1. The van der Waals surface area contributed by atoms with E-state index in [0.717, 1.165) is 11.1 Å². The first-order chi connectivity index (χ1) is 10.1. The van der Waals surface area contributed by atoms with E-state index in [0.29, 0.717) is 5.75 Å². The van der Waals surface area contributed by atoms with Gasteiger partial charge in [0.05, 0.1) is 6.21 Å². The van der Waals surface area contributed by atoms with Crippen LogP contribution in [-0.2, 0) is 4.79 Å². The lowest BCUT2D eigenvalue weighted by Crippen LogP contribution is -2.33. The third-order valence-electron chi connectivity index (χ3n) is 2.77. The average molecular weight is 283 g/mol. The number of carbonyl (C=O) groups excluding carboxylic acids is 1. The summed E-state index contributed by atoms with van der Waals surface area (Å²) in [6, 6.07) is 11.1. The van der Waals surface area contributed by atoms with Crippen molar-refractivity contribution in [2.45, 2.75) is 20.0 Å². The Morgan fingerprint density at radius 1 is 1.33 bits per heavy atom. The van der Waals surface area contributed by atoms with E-state index in [-0.39, 0.29) is 5.91 Å². The second-order valence-electron chi connectivity index (χ2n) is 4.59. The molecule has 0 aliphatic carbocycles. The predicted molar refractivity (Wildman–Crippen MR) is 81.2 cm³/mol. The standard InChI is InChI=1S/C16H17N3O2/c1-12-4-3-5-15(10-12)21-13(2)16(20)19-18-11-14-6-8-17-9-7-14/h3-11,13H,1-2H3,(H,19,20). The van der Waals surface area contributed by atoms with E-state index in [1.165, 1.54) is 0 Å². The molecule has 0 fully saturated rings. The Morgan fingerprint density at radius 2 is 2.10 bits per heavy atom. The molecule has 0 aliphatic heterocycles. The Kier molecular flexibility index (Phi) is 5.04. The Morgan fingerprint density at radius 3 is 2.81 bits per heavy atom. The van der Waals surface area contributed by atoms with E-state index in [4.69, 9.17) is 4.74 Å². The molecule has 5 heteroatoms. The second-order valence-corrected chi connectivity index (χ2v) is 4.59. The van der Waals surface area contributed by atoms with Crippen LogP contribution in [0.2, 0.25) is 0 Å². The first-order valence-electron chi connectivity index (χ1n) is 6.61. The number of hydrazone groups is 1. The molecular formula is C16H17N3O2. The summed E-state index contributed by atoms with van der Waals surface area (Å²) in [5.74, 6) is 0.359. The Labute approximate surface area is 123 Å². The molecule has 5 nitrogen and oxygen atoms in total. The zero-order valence-electron chi connectivity index (χ0n) is 12.0. The largest absolute Gasteiger partial charge is 0.481 e. The molecule has 1 atom stereocenters. The van der Waals surface area contributed by atoms with Crippen LogP contribution >= 0.6 is 0 Å². The lowest BCUT2D eigenvalue weighted by atomic mass is 10.2. The highest BCUT2D eigenvalue weighted by Crippen LogP contribution is 2.14. The number of amides is 1. The minimum atomic E-state index is -0.624. The number of nitrogens with zero attached hydrogens (tertiary/aromatic N) is 2. The second kappa shape index (κ2) is 7.19. The third kappa shape index (κ3) is 4.72. The van der Waals surface area contributed by atoms with Crippen molar-refractivity contribution in [3.63, 3.8) is 0 Å². The van der Waals surface area contributed by atoms with Crippen LogP contribution in [0.25, 0.3) is 0 Å². The molecule has 1 unspecified atom stereocenters. The van der Waals surface area contributed by atoms with Gasteiger partial charge in [-0.15, -0.1) is 0 Å². The minimum Gasteiger partial charge on any atom is -0.481 e. The molecule has 1 aromatic heterocycles. The normalized spacial score (nSPS) is 12.1. The summed E-state index contributed by atoms with van der Waals surface area (Å²) in [4.78, 5) is 15.8. The van der Waals surface area contributed by atoms with E-state index in [2.05, 4.69) is 15.5 Å². The van der Waals surface area contributed by atoms with Gasteiger partial charge in [0.15, 0.2) is 6.10 Å².